The number of hydrogen-bond acceptors (Lipinski definition) is 7. The van der Waals surface area contributed by atoms with Gasteiger partial charge in [0.1, 0.15) is 12.2 Å². The quantitative estimate of drug-likeness (QED) is 0.698. The van der Waals surface area contributed by atoms with Crippen LogP contribution in [0.4, 0.5) is 5.95 Å². The lowest BCUT2D eigenvalue weighted by molar-refractivity contribution is -0.116. The van der Waals surface area contributed by atoms with Crippen LogP contribution in [-0.2, 0) is 14.3 Å². The number of nitrogens with zero attached hydrogens (tertiary/aromatic N) is 3. The van der Waals surface area contributed by atoms with Crippen LogP contribution in [0, 0.1) is 5.92 Å². The summed E-state index contributed by atoms with van der Waals surface area (Å²) in [7, 11) is 1.42. The molecule has 3 heterocycles. The number of nitrogens with one attached hydrogen (secondary N) is 2. The lowest BCUT2D eigenvalue weighted by Crippen LogP contribution is -2.32. The monoisotopic (exact) mass is 366 g/mol. The van der Waals surface area contributed by atoms with E-state index in [1.165, 1.54) is 18.0 Å². The van der Waals surface area contributed by atoms with Gasteiger partial charge in [0, 0.05) is 14.9 Å². The van der Waals surface area contributed by atoms with Gasteiger partial charge in [-0.05, 0) is 12.8 Å². The number of ether oxygens (including phenoxy) is 2. The summed E-state index contributed by atoms with van der Waals surface area (Å²) in [5.41, 5.74) is -0.259. The van der Waals surface area contributed by atoms with Gasteiger partial charge in [0.2, 0.25) is 11.9 Å². The number of amides is 1. The van der Waals surface area contributed by atoms with Gasteiger partial charge in [-0.15, -0.1) is 0 Å². The van der Waals surface area contributed by atoms with E-state index < -0.39 is 30.1 Å². The Hall–Kier alpha value is -2.30. The van der Waals surface area contributed by atoms with Gasteiger partial charge in [-0.25, -0.2) is 4.98 Å². The second-order valence-corrected chi connectivity index (χ2v) is 6.64. The van der Waals surface area contributed by atoms with Gasteiger partial charge in [0.15, 0.2) is 17.4 Å². The number of imidazole rings is 1. The van der Waals surface area contributed by atoms with E-state index in [0.717, 1.165) is 0 Å². The fourth-order valence-electron chi connectivity index (χ4n) is 2.92. The van der Waals surface area contributed by atoms with Crippen LogP contribution in [0.1, 0.15) is 34.8 Å². The Morgan fingerprint density at radius 1 is 1.62 bits per heavy atom. The van der Waals surface area contributed by atoms with Gasteiger partial charge >= 0.3 is 0 Å². The normalized spacial score (nSPS) is 26.4. The van der Waals surface area contributed by atoms with Crippen LogP contribution < -0.4 is 10.9 Å². The molecule has 0 saturated carbocycles. The number of hydrogen-bond donors (Lipinski definition) is 3. The zero-order valence-electron chi connectivity index (χ0n) is 15.8. The number of aliphatic hydroxyl groups is 1. The Kier molecular flexibility index (Phi) is 4.70. The minimum atomic E-state index is -0.998. The maximum absolute atomic E-state index is 12.3. The molecule has 1 aliphatic rings. The average Bonchev–Trinajstić information content (AvgIpc) is 3.14. The fourth-order valence-corrected chi connectivity index (χ4v) is 2.92. The van der Waals surface area contributed by atoms with Gasteiger partial charge in [0.05, 0.1) is 12.4 Å². The van der Waals surface area contributed by atoms with Gasteiger partial charge in [-0.1, -0.05) is 13.8 Å². The summed E-state index contributed by atoms with van der Waals surface area (Å²) in [5, 5.41) is 12.8. The number of rotatable bonds is 5. The maximum Gasteiger partial charge on any atom is 0.280 e. The van der Waals surface area contributed by atoms with Crippen molar-refractivity contribution in [1.29, 1.82) is 0 Å². The van der Waals surface area contributed by atoms with E-state index in [1.807, 2.05) is 13.8 Å². The minimum Gasteiger partial charge on any atom is -0.388 e. The molecular weight excluding hydrogens is 342 g/mol. The molecule has 2 aromatic heterocycles. The highest BCUT2D eigenvalue weighted by Crippen LogP contribution is 2.32. The molecule has 1 saturated heterocycles. The molecule has 3 rings (SSSR count). The average molecular weight is 366 g/mol. The number of carbonyl (C=O) groups is 1. The molecule has 26 heavy (non-hydrogen) atoms. The number of anilines is 1. The lowest BCUT2D eigenvalue weighted by atomic mass is 10.1. The van der Waals surface area contributed by atoms with E-state index >= 15 is 0 Å². The number of aliphatic hydroxyl groups excluding tert-OH is 1. The summed E-state index contributed by atoms with van der Waals surface area (Å²) in [5.74, 6) is -0.108. The topological polar surface area (TPSA) is 131 Å². The zero-order chi connectivity index (χ0) is 19.7. The molecular formula is C16H23N5O5. The highest BCUT2D eigenvalue weighted by atomic mass is 16.6. The van der Waals surface area contributed by atoms with Crippen LogP contribution in [0.3, 0.4) is 0 Å². The fraction of sp³-hybridized carbons (Fsp3) is 0.625. The molecule has 1 aliphatic heterocycles. The third-order valence-corrected chi connectivity index (χ3v) is 4.14. The molecule has 142 valence electrons. The summed E-state index contributed by atoms with van der Waals surface area (Å²) < 4.78 is 20.0. The zero-order valence-corrected chi connectivity index (χ0v) is 14.8. The second kappa shape index (κ2) is 7.14. The van der Waals surface area contributed by atoms with Crippen LogP contribution in [0.2, 0.25) is 0 Å². The molecule has 1 fully saturated rings. The van der Waals surface area contributed by atoms with Crippen molar-refractivity contribution in [3.63, 3.8) is 0 Å². The van der Waals surface area contributed by atoms with Gasteiger partial charge in [0.25, 0.3) is 5.56 Å². The Bertz CT molecular complexity index is 882. The predicted octanol–water partition coefficient (Wildman–Crippen LogP) is 0.397. The molecule has 3 N–H and O–H groups in total. The molecule has 1 amide bonds. The van der Waals surface area contributed by atoms with Gasteiger partial charge in [-0.3, -0.25) is 24.5 Å². The van der Waals surface area contributed by atoms with Crippen molar-refractivity contribution in [2.75, 3.05) is 12.4 Å². The summed E-state index contributed by atoms with van der Waals surface area (Å²) in [4.78, 5) is 35.1. The van der Waals surface area contributed by atoms with Crippen molar-refractivity contribution in [1.82, 2.24) is 19.5 Å². The van der Waals surface area contributed by atoms with Gasteiger partial charge < -0.3 is 14.6 Å². The molecule has 10 heteroatoms. The molecule has 0 spiro atoms. The van der Waals surface area contributed by atoms with Crippen molar-refractivity contribution >= 4 is 23.0 Å². The first-order valence-corrected chi connectivity index (χ1v) is 8.28. The Balaban J connectivity index is 1.97. The van der Waals surface area contributed by atoms with E-state index in [1.54, 1.807) is 0 Å². The molecule has 0 radical (unpaired) electrons. The molecule has 2 aromatic rings. The van der Waals surface area contributed by atoms with Gasteiger partial charge in [-0.2, -0.15) is 4.98 Å². The van der Waals surface area contributed by atoms with Crippen LogP contribution in [0.5, 0.6) is 0 Å². The summed E-state index contributed by atoms with van der Waals surface area (Å²) in [6.07, 6.45) is -1.64. The van der Waals surface area contributed by atoms with Crippen molar-refractivity contribution < 1.29 is 20.7 Å². The molecule has 10 nitrogen and oxygen atoms in total. The number of aromatic nitrogens is 4. The highest BCUT2D eigenvalue weighted by molar-refractivity contribution is 5.89. The van der Waals surface area contributed by atoms with Crippen LogP contribution in [0.15, 0.2) is 11.1 Å². The Labute approximate surface area is 150 Å². The standard InChI is InChI=1S/C16H23N5O5/c1-7(2)5-9(22)18-16-19-13-10(14(24)20-16)17-6-21(13)15-12(25-4)11(23)8(3)26-15/h6-8,11-12,15,23H,5H2,1-4H3,(H2,18,19,20,22,24)/t8-,11-,12-,15-/m1/s1/i3D. The second-order valence-electron chi connectivity index (χ2n) is 6.64. The molecule has 0 aliphatic carbocycles. The highest BCUT2D eigenvalue weighted by Gasteiger charge is 2.43. The molecule has 4 atom stereocenters. The lowest BCUT2D eigenvalue weighted by Gasteiger charge is -2.20. The Morgan fingerprint density at radius 3 is 3.04 bits per heavy atom. The predicted molar refractivity (Wildman–Crippen MR) is 92.6 cm³/mol. The van der Waals surface area contributed by atoms with E-state index in [-0.39, 0.29) is 42.3 Å². The number of H-pyrrole nitrogens is 1. The first-order valence-electron chi connectivity index (χ1n) is 8.98. The SMILES string of the molecule is [2H]C[C@H]1O[C@@H](n2cnc3c(=O)[nH]c(NC(=O)CC(C)C)nc32)[C@H](OC)[C@@H]1O. The maximum atomic E-state index is 12.3. The largest absolute Gasteiger partial charge is 0.388 e. The van der Waals surface area contributed by atoms with E-state index in [0.29, 0.717) is 0 Å². The van der Waals surface area contributed by atoms with E-state index in [9.17, 15) is 14.7 Å². The summed E-state index contributed by atoms with van der Waals surface area (Å²) in [6.45, 7) is 3.67. The van der Waals surface area contributed by atoms with Crippen molar-refractivity contribution in [2.45, 2.75) is 51.7 Å². The van der Waals surface area contributed by atoms with E-state index in [4.69, 9.17) is 10.8 Å². The first kappa shape index (κ1) is 17.1. The number of aromatic amines is 1. The molecule has 0 aromatic carbocycles. The third-order valence-electron chi connectivity index (χ3n) is 4.14. The molecule has 0 bridgehead atoms. The number of fused-ring (bicyclic) bond motifs is 1. The van der Waals surface area contributed by atoms with Crippen molar-refractivity contribution in [3.8, 4) is 0 Å². The van der Waals surface area contributed by atoms with Crippen LogP contribution >= 0.6 is 0 Å². The summed E-state index contributed by atoms with van der Waals surface area (Å²) >= 11 is 0. The van der Waals surface area contributed by atoms with Crippen LogP contribution in [-0.4, -0.2) is 56.0 Å². The number of carbonyl (C=O) groups excluding carboxylic acids is 1. The first-order chi connectivity index (χ1) is 12.8. The summed E-state index contributed by atoms with van der Waals surface area (Å²) in [6, 6.07) is 0. The number of methoxy groups -OCH3 is 1. The minimum absolute atomic E-state index is 0.00412. The third kappa shape index (κ3) is 3.35. The van der Waals surface area contributed by atoms with Crippen LogP contribution in [0.25, 0.3) is 11.2 Å². The van der Waals surface area contributed by atoms with E-state index in [2.05, 4.69) is 20.3 Å². The Morgan fingerprint density at radius 2 is 2.38 bits per heavy atom. The van der Waals surface area contributed by atoms with Crippen molar-refractivity contribution in [2.24, 2.45) is 5.92 Å². The van der Waals surface area contributed by atoms with Crippen molar-refractivity contribution in [3.05, 3.63) is 16.7 Å². The molecule has 0 unspecified atom stereocenters. The smallest absolute Gasteiger partial charge is 0.280 e.